The SMILES string of the molecule is Cc1nc(-c2cccc(F)c2)nc2[nH]cc(Br)c12. The largest absolute Gasteiger partial charge is 0.345 e. The van der Waals surface area contributed by atoms with Crippen molar-refractivity contribution in [3.63, 3.8) is 0 Å². The molecule has 0 aliphatic carbocycles. The molecule has 0 spiro atoms. The fourth-order valence-electron chi connectivity index (χ4n) is 1.92. The van der Waals surface area contributed by atoms with Crippen molar-refractivity contribution in [3.05, 3.63) is 46.4 Å². The quantitative estimate of drug-likeness (QED) is 0.742. The van der Waals surface area contributed by atoms with Crippen LogP contribution in [0.1, 0.15) is 5.69 Å². The molecule has 0 aliphatic heterocycles. The van der Waals surface area contributed by atoms with Crippen LogP contribution in [-0.4, -0.2) is 15.0 Å². The number of hydrogen-bond donors (Lipinski definition) is 1. The van der Waals surface area contributed by atoms with Crippen LogP contribution in [0.4, 0.5) is 4.39 Å². The van der Waals surface area contributed by atoms with Crippen LogP contribution in [0.5, 0.6) is 0 Å². The molecule has 0 bridgehead atoms. The number of nitrogens with one attached hydrogen (secondary N) is 1. The minimum absolute atomic E-state index is 0.290. The van der Waals surface area contributed by atoms with E-state index >= 15 is 0 Å². The first kappa shape index (κ1) is 11.3. The van der Waals surface area contributed by atoms with Gasteiger partial charge < -0.3 is 4.98 Å². The van der Waals surface area contributed by atoms with E-state index in [0.29, 0.717) is 11.4 Å². The number of aryl methyl sites for hydroxylation is 1. The van der Waals surface area contributed by atoms with Crippen molar-refractivity contribution in [2.75, 3.05) is 0 Å². The van der Waals surface area contributed by atoms with Crippen molar-refractivity contribution in [3.8, 4) is 11.4 Å². The first-order chi connectivity index (χ1) is 8.65. The van der Waals surface area contributed by atoms with Gasteiger partial charge >= 0.3 is 0 Å². The van der Waals surface area contributed by atoms with E-state index in [1.54, 1.807) is 12.1 Å². The van der Waals surface area contributed by atoms with Gasteiger partial charge in [0.1, 0.15) is 11.5 Å². The molecule has 0 unspecified atom stereocenters. The summed E-state index contributed by atoms with van der Waals surface area (Å²) in [5.41, 5.74) is 2.27. The van der Waals surface area contributed by atoms with Gasteiger partial charge in [0.2, 0.25) is 0 Å². The monoisotopic (exact) mass is 305 g/mol. The van der Waals surface area contributed by atoms with Crippen LogP contribution in [-0.2, 0) is 0 Å². The molecule has 18 heavy (non-hydrogen) atoms. The Bertz CT molecular complexity index is 736. The van der Waals surface area contributed by atoms with Crippen LogP contribution in [0.3, 0.4) is 0 Å². The molecular formula is C13H9BrFN3. The van der Waals surface area contributed by atoms with E-state index in [1.807, 2.05) is 13.1 Å². The molecule has 3 nitrogen and oxygen atoms in total. The standard InChI is InChI=1S/C13H9BrFN3/c1-7-11-10(14)6-16-13(11)18-12(17-7)8-3-2-4-9(15)5-8/h2-6H,1H3,(H,16,17,18). The van der Waals surface area contributed by atoms with Crippen LogP contribution in [0.15, 0.2) is 34.9 Å². The summed E-state index contributed by atoms with van der Waals surface area (Å²) in [7, 11) is 0. The highest BCUT2D eigenvalue weighted by Crippen LogP contribution is 2.27. The van der Waals surface area contributed by atoms with Crippen molar-refractivity contribution in [2.45, 2.75) is 6.92 Å². The highest BCUT2D eigenvalue weighted by Gasteiger charge is 2.10. The van der Waals surface area contributed by atoms with Gasteiger partial charge in [0.05, 0.1) is 11.1 Å². The Morgan fingerprint density at radius 2 is 2.11 bits per heavy atom. The van der Waals surface area contributed by atoms with Gasteiger partial charge in [0.25, 0.3) is 0 Å². The topological polar surface area (TPSA) is 41.6 Å². The Labute approximate surface area is 111 Å². The van der Waals surface area contributed by atoms with E-state index < -0.39 is 0 Å². The second-order valence-electron chi connectivity index (χ2n) is 4.00. The first-order valence-electron chi connectivity index (χ1n) is 5.42. The molecule has 90 valence electrons. The third-order valence-corrected chi connectivity index (χ3v) is 3.37. The maximum atomic E-state index is 13.2. The Balaban J connectivity index is 2.25. The van der Waals surface area contributed by atoms with E-state index in [2.05, 4.69) is 30.9 Å². The van der Waals surface area contributed by atoms with Crippen LogP contribution in [0.2, 0.25) is 0 Å². The number of halogens is 2. The maximum absolute atomic E-state index is 13.2. The average molecular weight is 306 g/mol. The first-order valence-corrected chi connectivity index (χ1v) is 6.21. The molecule has 1 N–H and O–H groups in total. The number of benzene rings is 1. The molecule has 3 aromatic rings. The van der Waals surface area contributed by atoms with Gasteiger partial charge in [-0.2, -0.15) is 0 Å². The van der Waals surface area contributed by atoms with Crippen LogP contribution < -0.4 is 0 Å². The van der Waals surface area contributed by atoms with E-state index in [9.17, 15) is 4.39 Å². The minimum Gasteiger partial charge on any atom is -0.345 e. The molecule has 0 fully saturated rings. The molecule has 2 heterocycles. The van der Waals surface area contributed by atoms with Gasteiger partial charge in [-0.3, -0.25) is 0 Å². The zero-order valence-electron chi connectivity index (χ0n) is 9.54. The minimum atomic E-state index is -0.290. The molecule has 3 rings (SSSR count). The molecule has 0 atom stereocenters. The number of H-pyrrole nitrogens is 1. The number of aromatic amines is 1. The highest BCUT2D eigenvalue weighted by atomic mass is 79.9. The average Bonchev–Trinajstić information content (AvgIpc) is 2.71. The summed E-state index contributed by atoms with van der Waals surface area (Å²) in [4.78, 5) is 11.9. The number of hydrogen-bond acceptors (Lipinski definition) is 2. The number of aromatic nitrogens is 3. The van der Waals surface area contributed by atoms with Gasteiger partial charge in [-0.25, -0.2) is 14.4 Å². The summed E-state index contributed by atoms with van der Waals surface area (Å²) in [6.07, 6.45) is 1.82. The lowest BCUT2D eigenvalue weighted by atomic mass is 10.2. The lowest BCUT2D eigenvalue weighted by molar-refractivity contribution is 0.628. The Hall–Kier alpha value is -1.75. The Morgan fingerprint density at radius 3 is 2.89 bits per heavy atom. The third kappa shape index (κ3) is 1.80. The van der Waals surface area contributed by atoms with E-state index in [1.165, 1.54) is 12.1 Å². The van der Waals surface area contributed by atoms with Crippen molar-refractivity contribution >= 4 is 27.0 Å². The number of nitrogens with zero attached hydrogens (tertiary/aromatic N) is 2. The Morgan fingerprint density at radius 1 is 1.28 bits per heavy atom. The summed E-state index contributed by atoms with van der Waals surface area (Å²) in [6, 6.07) is 6.28. The molecule has 0 radical (unpaired) electrons. The second kappa shape index (κ2) is 4.17. The molecule has 0 saturated carbocycles. The van der Waals surface area contributed by atoms with Crippen molar-refractivity contribution in [1.29, 1.82) is 0 Å². The van der Waals surface area contributed by atoms with Gasteiger partial charge in [0.15, 0.2) is 5.82 Å². The molecule has 0 aliphatic rings. The van der Waals surface area contributed by atoms with Crippen molar-refractivity contribution < 1.29 is 4.39 Å². The van der Waals surface area contributed by atoms with Crippen LogP contribution in [0.25, 0.3) is 22.4 Å². The molecule has 0 saturated heterocycles. The van der Waals surface area contributed by atoms with Gasteiger partial charge in [-0.05, 0) is 35.0 Å². The number of fused-ring (bicyclic) bond motifs is 1. The zero-order valence-corrected chi connectivity index (χ0v) is 11.1. The number of rotatable bonds is 1. The van der Waals surface area contributed by atoms with Crippen molar-refractivity contribution in [2.24, 2.45) is 0 Å². The predicted octanol–water partition coefficient (Wildman–Crippen LogP) is 3.83. The lowest BCUT2D eigenvalue weighted by Crippen LogP contribution is -1.93. The predicted molar refractivity (Wildman–Crippen MR) is 71.7 cm³/mol. The second-order valence-corrected chi connectivity index (χ2v) is 4.86. The molecule has 0 amide bonds. The summed E-state index contributed by atoms with van der Waals surface area (Å²) in [6.45, 7) is 1.91. The summed E-state index contributed by atoms with van der Waals surface area (Å²) >= 11 is 3.44. The maximum Gasteiger partial charge on any atom is 0.161 e. The fourth-order valence-corrected chi connectivity index (χ4v) is 2.51. The summed E-state index contributed by atoms with van der Waals surface area (Å²) in [5.74, 6) is 0.232. The van der Waals surface area contributed by atoms with Gasteiger partial charge in [-0.1, -0.05) is 12.1 Å². The van der Waals surface area contributed by atoms with Crippen LogP contribution in [0, 0.1) is 12.7 Å². The third-order valence-electron chi connectivity index (χ3n) is 2.75. The smallest absolute Gasteiger partial charge is 0.161 e. The van der Waals surface area contributed by atoms with Crippen LogP contribution >= 0.6 is 15.9 Å². The highest BCUT2D eigenvalue weighted by molar-refractivity contribution is 9.10. The lowest BCUT2D eigenvalue weighted by Gasteiger charge is -2.03. The molecule has 2 aromatic heterocycles. The molecule has 1 aromatic carbocycles. The Kier molecular flexibility index (Phi) is 2.63. The summed E-state index contributed by atoms with van der Waals surface area (Å²) in [5, 5.41) is 0.954. The van der Waals surface area contributed by atoms with Crippen molar-refractivity contribution in [1.82, 2.24) is 15.0 Å². The van der Waals surface area contributed by atoms with E-state index in [4.69, 9.17) is 0 Å². The van der Waals surface area contributed by atoms with Gasteiger partial charge in [0, 0.05) is 16.2 Å². The van der Waals surface area contributed by atoms with E-state index in [-0.39, 0.29) is 5.82 Å². The summed E-state index contributed by atoms with van der Waals surface area (Å²) < 4.78 is 14.1. The van der Waals surface area contributed by atoms with E-state index in [0.717, 1.165) is 21.2 Å². The fraction of sp³-hybridized carbons (Fsp3) is 0.0769. The van der Waals surface area contributed by atoms with Gasteiger partial charge in [-0.15, -0.1) is 0 Å². The zero-order chi connectivity index (χ0) is 12.7. The molecular weight excluding hydrogens is 297 g/mol. The molecule has 5 heteroatoms. The normalized spacial score (nSPS) is 11.1.